The van der Waals surface area contributed by atoms with Crippen LogP contribution in [0, 0.1) is 0 Å². The van der Waals surface area contributed by atoms with Gasteiger partial charge in [-0.1, -0.05) is 18.2 Å². The van der Waals surface area contributed by atoms with Gasteiger partial charge in [-0.25, -0.2) is 4.98 Å². The minimum atomic E-state index is -1.31. The largest absolute Gasteiger partial charge is 0.496 e. The smallest absolute Gasteiger partial charge is 0.241 e. The number of rotatable bonds is 8. The number of carbonyl (C=O) groups is 3. The van der Waals surface area contributed by atoms with Gasteiger partial charge in [0.15, 0.2) is 0 Å². The topological polar surface area (TPSA) is 89.0 Å². The van der Waals surface area contributed by atoms with Crippen LogP contribution in [0.25, 0.3) is 0 Å². The van der Waals surface area contributed by atoms with E-state index < -0.39 is 5.41 Å². The number of methoxy groups -OCH3 is 2. The normalized spacial score (nSPS) is 23.3. The Morgan fingerprint density at radius 2 is 2.06 bits per heavy atom. The maximum atomic E-state index is 13.8. The summed E-state index contributed by atoms with van der Waals surface area (Å²) in [5.41, 5.74) is -0.735. The molecular formula is C24H29N3O5S. The first-order chi connectivity index (χ1) is 16.0. The van der Waals surface area contributed by atoms with Gasteiger partial charge in [0.25, 0.3) is 0 Å². The van der Waals surface area contributed by atoms with E-state index >= 15 is 0 Å². The Labute approximate surface area is 197 Å². The molecule has 1 aromatic carbocycles. The van der Waals surface area contributed by atoms with Crippen LogP contribution in [0.3, 0.4) is 0 Å². The van der Waals surface area contributed by atoms with Crippen LogP contribution in [0.5, 0.6) is 5.75 Å². The molecule has 1 aromatic heterocycles. The molecule has 8 nitrogen and oxygen atoms in total. The summed E-state index contributed by atoms with van der Waals surface area (Å²) >= 11 is 1.54. The van der Waals surface area contributed by atoms with Crippen molar-refractivity contribution in [2.24, 2.45) is 0 Å². The molecule has 0 bridgehead atoms. The van der Waals surface area contributed by atoms with Crippen molar-refractivity contribution in [1.29, 1.82) is 0 Å². The molecule has 0 radical (unpaired) electrons. The molecule has 2 aromatic rings. The minimum absolute atomic E-state index is 0.0720. The molecule has 0 N–H and O–H groups in total. The van der Waals surface area contributed by atoms with Crippen molar-refractivity contribution < 1.29 is 23.9 Å². The number of hydrogen-bond acceptors (Lipinski definition) is 7. The molecule has 9 heteroatoms. The molecule has 2 fully saturated rings. The van der Waals surface area contributed by atoms with Crippen LogP contribution in [0.4, 0.5) is 0 Å². The van der Waals surface area contributed by atoms with Gasteiger partial charge < -0.3 is 14.4 Å². The van der Waals surface area contributed by atoms with Gasteiger partial charge in [0.2, 0.25) is 17.7 Å². The fraction of sp³-hybridized carbons (Fsp3) is 0.500. The average molecular weight is 472 g/mol. The van der Waals surface area contributed by atoms with Crippen molar-refractivity contribution in [3.8, 4) is 5.75 Å². The van der Waals surface area contributed by atoms with E-state index in [1.807, 2.05) is 16.3 Å². The lowest BCUT2D eigenvalue weighted by molar-refractivity contribution is -0.144. The number of nitrogens with zero attached hydrogens (tertiary/aromatic N) is 3. The van der Waals surface area contributed by atoms with Crippen LogP contribution in [-0.4, -0.2) is 66.4 Å². The standard InChI is InChI=1S/C24H29N3O5S/c1-31-13-12-27-21(29)16-24(23(27)30,17-7-3-4-9-19(17)32-2)15-20(28)26-11-6-5-8-18(26)22-25-10-14-33-22/h3-4,7,9-10,14,18H,5-6,8,11-13,15-16H2,1-2H3. The van der Waals surface area contributed by atoms with E-state index in [1.54, 1.807) is 24.4 Å². The molecule has 33 heavy (non-hydrogen) atoms. The van der Waals surface area contributed by atoms with Crippen LogP contribution >= 0.6 is 11.3 Å². The van der Waals surface area contributed by atoms with Gasteiger partial charge in [-0.2, -0.15) is 0 Å². The van der Waals surface area contributed by atoms with Gasteiger partial charge >= 0.3 is 0 Å². The Balaban J connectivity index is 1.71. The fourth-order valence-corrected chi connectivity index (χ4v) is 5.72. The molecular weight excluding hydrogens is 442 g/mol. The van der Waals surface area contributed by atoms with Crippen molar-refractivity contribution >= 4 is 29.1 Å². The lowest BCUT2D eigenvalue weighted by Gasteiger charge is -2.37. The van der Waals surface area contributed by atoms with Crippen LogP contribution in [0.1, 0.15) is 48.7 Å². The molecule has 0 spiro atoms. The van der Waals surface area contributed by atoms with E-state index in [9.17, 15) is 14.4 Å². The number of piperidine rings is 1. The Morgan fingerprint density at radius 1 is 1.24 bits per heavy atom. The number of para-hydroxylation sites is 1. The third-order valence-electron chi connectivity index (χ3n) is 6.56. The van der Waals surface area contributed by atoms with E-state index in [0.717, 1.165) is 24.3 Å². The van der Waals surface area contributed by atoms with Gasteiger partial charge in [0.1, 0.15) is 10.8 Å². The third kappa shape index (κ3) is 4.39. The second-order valence-corrected chi connectivity index (χ2v) is 9.37. The maximum absolute atomic E-state index is 13.8. The third-order valence-corrected chi connectivity index (χ3v) is 7.44. The van der Waals surface area contributed by atoms with E-state index in [2.05, 4.69) is 4.98 Å². The summed E-state index contributed by atoms with van der Waals surface area (Å²) in [6.45, 7) is 1.01. The predicted octanol–water partition coefficient (Wildman–Crippen LogP) is 2.94. The Hall–Kier alpha value is -2.78. The average Bonchev–Trinajstić information content (AvgIpc) is 3.45. The summed E-state index contributed by atoms with van der Waals surface area (Å²) in [4.78, 5) is 48.0. The van der Waals surface area contributed by atoms with Gasteiger partial charge in [-0.3, -0.25) is 19.3 Å². The van der Waals surface area contributed by atoms with Crippen LogP contribution in [-0.2, 0) is 24.5 Å². The SMILES string of the molecule is COCCN1C(=O)CC(CC(=O)N2CCCCC2c2nccs2)(c2ccccc2OC)C1=O. The fourth-order valence-electron chi connectivity index (χ4n) is 4.94. The van der Waals surface area contributed by atoms with Crippen LogP contribution in [0.2, 0.25) is 0 Å². The van der Waals surface area contributed by atoms with Crippen molar-refractivity contribution in [3.05, 3.63) is 46.4 Å². The van der Waals surface area contributed by atoms with E-state index in [1.165, 1.54) is 30.5 Å². The molecule has 0 aliphatic carbocycles. The first kappa shape index (κ1) is 23.4. The molecule has 176 valence electrons. The highest BCUT2D eigenvalue weighted by Crippen LogP contribution is 2.45. The molecule has 2 aliphatic heterocycles. The Bertz CT molecular complexity index is 1010. The monoisotopic (exact) mass is 471 g/mol. The molecule has 3 amide bonds. The summed E-state index contributed by atoms with van der Waals surface area (Å²) in [6.07, 6.45) is 4.35. The number of carbonyl (C=O) groups excluding carboxylic acids is 3. The van der Waals surface area contributed by atoms with Gasteiger partial charge in [-0.05, 0) is 25.3 Å². The number of imide groups is 1. The number of hydrogen-bond donors (Lipinski definition) is 0. The summed E-state index contributed by atoms with van der Waals surface area (Å²) in [7, 11) is 3.05. The summed E-state index contributed by atoms with van der Waals surface area (Å²) in [6, 6.07) is 7.06. The predicted molar refractivity (Wildman–Crippen MR) is 123 cm³/mol. The minimum Gasteiger partial charge on any atom is -0.496 e. The number of benzene rings is 1. The van der Waals surface area contributed by atoms with Crippen molar-refractivity contribution in [1.82, 2.24) is 14.8 Å². The van der Waals surface area contributed by atoms with Crippen LogP contribution < -0.4 is 4.74 Å². The Kier molecular flexibility index (Phi) is 7.09. The summed E-state index contributed by atoms with van der Waals surface area (Å²) < 4.78 is 10.6. The molecule has 4 rings (SSSR count). The van der Waals surface area contributed by atoms with Crippen LogP contribution in [0.15, 0.2) is 35.8 Å². The van der Waals surface area contributed by atoms with E-state index in [4.69, 9.17) is 9.47 Å². The number of thiazole rings is 1. The molecule has 0 saturated carbocycles. The van der Waals surface area contributed by atoms with Gasteiger partial charge in [-0.15, -0.1) is 11.3 Å². The molecule has 2 unspecified atom stereocenters. The second kappa shape index (κ2) is 10.0. The summed E-state index contributed by atoms with van der Waals surface area (Å²) in [5.74, 6) is -0.318. The summed E-state index contributed by atoms with van der Waals surface area (Å²) in [5, 5.41) is 2.82. The Morgan fingerprint density at radius 3 is 2.79 bits per heavy atom. The zero-order valence-corrected chi connectivity index (χ0v) is 19.8. The first-order valence-electron chi connectivity index (χ1n) is 11.2. The number of aromatic nitrogens is 1. The highest BCUT2D eigenvalue weighted by atomic mass is 32.1. The first-order valence-corrected chi connectivity index (χ1v) is 12.1. The number of likely N-dealkylation sites (tertiary alicyclic amines) is 2. The zero-order chi connectivity index (χ0) is 23.4. The highest BCUT2D eigenvalue weighted by Gasteiger charge is 2.55. The number of ether oxygens (including phenoxy) is 2. The molecule has 2 saturated heterocycles. The lowest BCUT2D eigenvalue weighted by Crippen LogP contribution is -2.46. The van der Waals surface area contributed by atoms with Gasteiger partial charge in [0.05, 0.1) is 31.7 Å². The maximum Gasteiger partial charge on any atom is 0.241 e. The quantitative estimate of drug-likeness (QED) is 0.550. The molecule has 2 aliphatic rings. The highest BCUT2D eigenvalue weighted by molar-refractivity contribution is 7.09. The van der Waals surface area contributed by atoms with E-state index in [0.29, 0.717) is 17.9 Å². The second-order valence-electron chi connectivity index (χ2n) is 8.45. The van der Waals surface area contributed by atoms with E-state index in [-0.39, 0.29) is 49.8 Å². The number of amides is 3. The molecule has 3 heterocycles. The van der Waals surface area contributed by atoms with Crippen molar-refractivity contribution in [2.45, 2.75) is 43.6 Å². The zero-order valence-electron chi connectivity index (χ0n) is 19.0. The van der Waals surface area contributed by atoms with Gasteiger partial charge in [0, 0.05) is 43.6 Å². The van der Waals surface area contributed by atoms with Crippen molar-refractivity contribution in [2.75, 3.05) is 33.9 Å². The van der Waals surface area contributed by atoms with Crippen molar-refractivity contribution in [3.63, 3.8) is 0 Å². The lowest BCUT2D eigenvalue weighted by atomic mass is 9.75. The molecule has 2 atom stereocenters.